The Morgan fingerprint density at radius 2 is 1.50 bits per heavy atom. The van der Waals surface area contributed by atoms with E-state index < -0.39 is 0 Å². The van der Waals surface area contributed by atoms with Crippen molar-refractivity contribution in [2.24, 2.45) is 5.92 Å². The summed E-state index contributed by atoms with van der Waals surface area (Å²) in [5.74, 6) is 0.526. The van der Waals surface area contributed by atoms with Gasteiger partial charge in [0, 0.05) is 6.54 Å². The first kappa shape index (κ1) is 18.0. The molecule has 1 aliphatic rings. The van der Waals surface area contributed by atoms with E-state index in [1.165, 1.54) is 83.7 Å². The third-order valence-corrected chi connectivity index (χ3v) is 4.82. The van der Waals surface area contributed by atoms with Crippen LogP contribution in [0.5, 0.6) is 0 Å². The van der Waals surface area contributed by atoms with Crippen LogP contribution >= 0.6 is 0 Å². The van der Waals surface area contributed by atoms with Crippen LogP contribution in [0.25, 0.3) is 0 Å². The van der Waals surface area contributed by atoms with E-state index in [1.54, 1.807) is 0 Å². The molecule has 1 N–H and O–H groups in total. The lowest BCUT2D eigenvalue weighted by Crippen LogP contribution is -2.25. The molecule has 0 bridgehead atoms. The molecule has 2 nitrogen and oxygen atoms in total. The largest absolute Gasteiger partial charge is 0.393 e. The molecule has 2 unspecified atom stereocenters. The average molecular weight is 284 g/mol. The smallest absolute Gasteiger partial charge is 0.0552 e. The normalized spacial score (nSPS) is 21.4. The molecule has 0 aliphatic carbocycles. The number of unbranched alkanes of at least 4 members (excludes halogenated alkanes) is 9. The van der Waals surface area contributed by atoms with Gasteiger partial charge in [0.1, 0.15) is 0 Å². The summed E-state index contributed by atoms with van der Waals surface area (Å²) < 4.78 is 0. The van der Waals surface area contributed by atoms with Gasteiger partial charge in [0.05, 0.1) is 6.10 Å². The summed E-state index contributed by atoms with van der Waals surface area (Å²) in [6.45, 7) is 7.79. The van der Waals surface area contributed by atoms with Crippen LogP contribution < -0.4 is 0 Å². The molecule has 1 aliphatic heterocycles. The molecule has 0 saturated carbocycles. The third-order valence-electron chi connectivity index (χ3n) is 4.82. The number of nitrogens with zero attached hydrogens (tertiary/aromatic N) is 1. The summed E-state index contributed by atoms with van der Waals surface area (Å²) in [5, 5.41) is 9.59. The van der Waals surface area contributed by atoms with Crippen LogP contribution in [0.15, 0.2) is 0 Å². The van der Waals surface area contributed by atoms with Gasteiger partial charge >= 0.3 is 0 Å². The Labute approximate surface area is 126 Å². The van der Waals surface area contributed by atoms with Gasteiger partial charge in [-0.3, -0.25) is 0 Å². The second-order valence-corrected chi connectivity index (χ2v) is 6.77. The Balaban J connectivity index is 1.81. The van der Waals surface area contributed by atoms with Gasteiger partial charge in [0.2, 0.25) is 0 Å². The van der Waals surface area contributed by atoms with E-state index in [0.29, 0.717) is 5.92 Å². The molecule has 0 aromatic heterocycles. The summed E-state index contributed by atoms with van der Waals surface area (Å²) in [6, 6.07) is 0. The van der Waals surface area contributed by atoms with Gasteiger partial charge in [-0.1, -0.05) is 64.7 Å². The molecule has 120 valence electrons. The van der Waals surface area contributed by atoms with Crippen molar-refractivity contribution in [2.45, 2.75) is 90.6 Å². The molecule has 1 saturated heterocycles. The van der Waals surface area contributed by atoms with E-state index in [9.17, 15) is 5.11 Å². The van der Waals surface area contributed by atoms with Crippen molar-refractivity contribution in [3.63, 3.8) is 0 Å². The first-order valence-electron chi connectivity index (χ1n) is 9.14. The van der Waals surface area contributed by atoms with Gasteiger partial charge in [-0.2, -0.15) is 0 Å². The molecule has 1 rings (SSSR count). The molecule has 2 atom stereocenters. The minimum atomic E-state index is -0.118. The molecule has 1 fully saturated rings. The highest BCUT2D eigenvalue weighted by Gasteiger charge is 2.25. The molecule has 0 spiro atoms. The molecular formula is C18H37NO. The van der Waals surface area contributed by atoms with E-state index in [1.807, 2.05) is 6.92 Å². The van der Waals surface area contributed by atoms with Gasteiger partial charge in [-0.15, -0.1) is 0 Å². The predicted octanol–water partition coefficient (Wildman–Crippen LogP) is 4.61. The fourth-order valence-electron chi connectivity index (χ4n) is 3.28. The highest BCUT2D eigenvalue weighted by molar-refractivity contribution is 4.78. The van der Waals surface area contributed by atoms with Crippen molar-refractivity contribution in [1.82, 2.24) is 4.90 Å². The Kier molecular flexibility index (Phi) is 10.4. The highest BCUT2D eigenvalue weighted by Crippen LogP contribution is 2.20. The van der Waals surface area contributed by atoms with Crippen LogP contribution in [-0.2, 0) is 0 Å². The summed E-state index contributed by atoms with van der Waals surface area (Å²) in [6.07, 6.45) is 15.2. The van der Waals surface area contributed by atoms with Crippen LogP contribution in [0, 0.1) is 5.92 Å². The van der Waals surface area contributed by atoms with Gasteiger partial charge in [0.25, 0.3) is 0 Å². The SMILES string of the molecule is CCCCCCCCCCCCN1CCC(C(C)O)C1. The zero-order valence-corrected chi connectivity index (χ0v) is 13.9. The summed E-state index contributed by atoms with van der Waals surface area (Å²) in [4.78, 5) is 2.54. The van der Waals surface area contributed by atoms with Crippen LogP contribution in [0.4, 0.5) is 0 Å². The van der Waals surface area contributed by atoms with Crippen molar-refractivity contribution >= 4 is 0 Å². The maximum absolute atomic E-state index is 9.59. The number of likely N-dealkylation sites (tertiary alicyclic amines) is 1. The highest BCUT2D eigenvalue weighted by atomic mass is 16.3. The molecule has 1 heterocycles. The topological polar surface area (TPSA) is 23.5 Å². The number of aliphatic hydroxyl groups excluding tert-OH is 1. The number of rotatable bonds is 12. The summed E-state index contributed by atoms with van der Waals surface area (Å²) in [5.41, 5.74) is 0. The summed E-state index contributed by atoms with van der Waals surface area (Å²) in [7, 11) is 0. The van der Waals surface area contributed by atoms with Crippen LogP contribution in [0.2, 0.25) is 0 Å². The first-order valence-corrected chi connectivity index (χ1v) is 9.14. The molecule has 0 aromatic carbocycles. The minimum absolute atomic E-state index is 0.118. The van der Waals surface area contributed by atoms with E-state index >= 15 is 0 Å². The maximum atomic E-state index is 9.59. The number of hydrogen-bond acceptors (Lipinski definition) is 2. The lowest BCUT2D eigenvalue weighted by molar-refractivity contribution is 0.127. The Bertz CT molecular complexity index is 217. The second kappa shape index (κ2) is 11.6. The van der Waals surface area contributed by atoms with E-state index in [2.05, 4.69) is 11.8 Å². The molecular weight excluding hydrogens is 246 g/mol. The molecule has 0 radical (unpaired) electrons. The van der Waals surface area contributed by atoms with Crippen LogP contribution in [0.3, 0.4) is 0 Å². The van der Waals surface area contributed by atoms with E-state index in [0.717, 1.165) is 6.54 Å². The number of hydrogen-bond donors (Lipinski definition) is 1. The predicted molar refractivity (Wildman–Crippen MR) is 88.1 cm³/mol. The first-order chi connectivity index (χ1) is 9.74. The Morgan fingerprint density at radius 1 is 0.950 bits per heavy atom. The van der Waals surface area contributed by atoms with Crippen molar-refractivity contribution in [2.75, 3.05) is 19.6 Å². The number of aliphatic hydroxyl groups is 1. The summed E-state index contributed by atoms with van der Waals surface area (Å²) >= 11 is 0. The lowest BCUT2D eigenvalue weighted by atomic mass is 10.0. The van der Waals surface area contributed by atoms with Crippen molar-refractivity contribution in [3.05, 3.63) is 0 Å². The van der Waals surface area contributed by atoms with Crippen molar-refractivity contribution < 1.29 is 5.11 Å². The molecule has 0 amide bonds. The third kappa shape index (κ3) is 8.26. The van der Waals surface area contributed by atoms with Crippen LogP contribution in [0.1, 0.15) is 84.5 Å². The quantitative estimate of drug-likeness (QED) is 0.529. The fraction of sp³-hybridized carbons (Fsp3) is 1.00. The molecule has 0 aromatic rings. The standard InChI is InChI=1S/C18H37NO/c1-3-4-5-6-7-8-9-10-11-12-14-19-15-13-18(16-19)17(2)20/h17-18,20H,3-16H2,1-2H3. The Morgan fingerprint density at radius 3 is 2.00 bits per heavy atom. The van der Waals surface area contributed by atoms with Gasteiger partial charge in [-0.05, 0) is 38.8 Å². The molecule has 20 heavy (non-hydrogen) atoms. The monoisotopic (exact) mass is 283 g/mol. The maximum Gasteiger partial charge on any atom is 0.0552 e. The fourth-order valence-corrected chi connectivity index (χ4v) is 3.28. The van der Waals surface area contributed by atoms with Gasteiger partial charge in [0.15, 0.2) is 0 Å². The lowest BCUT2D eigenvalue weighted by Gasteiger charge is -2.17. The zero-order chi connectivity index (χ0) is 14.6. The zero-order valence-electron chi connectivity index (χ0n) is 13.9. The van der Waals surface area contributed by atoms with E-state index in [4.69, 9.17) is 0 Å². The van der Waals surface area contributed by atoms with Gasteiger partial charge in [-0.25, -0.2) is 0 Å². The Hall–Kier alpha value is -0.0800. The van der Waals surface area contributed by atoms with Gasteiger partial charge < -0.3 is 10.0 Å². The molecule has 2 heteroatoms. The average Bonchev–Trinajstić information content (AvgIpc) is 2.90. The minimum Gasteiger partial charge on any atom is -0.393 e. The van der Waals surface area contributed by atoms with Crippen LogP contribution in [-0.4, -0.2) is 35.7 Å². The van der Waals surface area contributed by atoms with E-state index in [-0.39, 0.29) is 6.10 Å². The van der Waals surface area contributed by atoms with Crippen molar-refractivity contribution in [3.8, 4) is 0 Å². The second-order valence-electron chi connectivity index (χ2n) is 6.77. The van der Waals surface area contributed by atoms with Crippen molar-refractivity contribution in [1.29, 1.82) is 0 Å².